The zero-order chi connectivity index (χ0) is 13.5. The second-order valence-corrected chi connectivity index (χ2v) is 6.02. The molecule has 0 saturated heterocycles. The Bertz CT molecular complexity index is 373. The first-order valence-corrected chi connectivity index (χ1v) is 7.81. The Hall–Kier alpha value is -1.02. The number of fused-ring (bicyclic) bond motifs is 1. The first-order valence-electron chi connectivity index (χ1n) is 7.81. The van der Waals surface area contributed by atoms with E-state index in [1.165, 1.54) is 50.0 Å². The highest BCUT2D eigenvalue weighted by Crippen LogP contribution is 2.25. The van der Waals surface area contributed by atoms with E-state index in [1.54, 1.807) is 0 Å². The zero-order valence-electron chi connectivity index (χ0n) is 12.5. The first kappa shape index (κ1) is 14.4. The maximum Gasteiger partial charge on any atom is 0.0398 e. The predicted molar refractivity (Wildman–Crippen MR) is 83.9 cm³/mol. The van der Waals surface area contributed by atoms with Gasteiger partial charge in [0.2, 0.25) is 0 Å². The van der Waals surface area contributed by atoms with Gasteiger partial charge in [-0.05, 0) is 56.3 Å². The lowest BCUT2D eigenvalue weighted by molar-refractivity contribution is 0.540. The molecule has 0 unspecified atom stereocenters. The summed E-state index contributed by atoms with van der Waals surface area (Å²) in [6, 6.07) is 8.94. The van der Waals surface area contributed by atoms with Crippen LogP contribution >= 0.6 is 0 Å². The van der Waals surface area contributed by atoms with Crippen LogP contribution in [0.5, 0.6) is 0 Å². The number of aryl methyl sites for hydroxylation is 1. The van der Waals surface area contributed by atoms with Crippen LogP contribution in [0, 0.1) is 5.92 Å². The molecular formula is C17H28N2. The minimum absolute atomic E-state index is 0.749. The van der Waals surface area contributed by atoms with Crippen LogP contribution in [0.4, 0.5) is 5.69 Å². The number of anilines is 1. The van der Waals surface area contributed by atoms with E-state index >= 15 is 0 Å². The van der Waals surface area contributed by atoms with Crippen molar-refractivity contribution in [3.8, 4) is 0 Å². The molecule has 1 aliphatic rings. The largest absolute Gasteiger partial charge is 0.371 e. The van der Waals surface area contributed by atoms with Gasteiger partial charge in [0.1, 0.15) is 0 Å². The van der Waals surface area contributed by atoms with Gasteiger partial charge in [0.05, 0.1) is 0 Å². The van der Waals surface area contributed by atoms with E-state index in [-0.39, 0.29) is 0 Å². The molecule has 0 aromatic heterocycles. The van der Waals surface area contributed by atoms with Crippen molar-refractivity contribution < 1.29 is 0 Å². The van der Waals surface area contributed by atoms with Crippen molar-refractivity contribution in [3.63, 3.8) is 0 Å². The highest BCUT2D eigenvalue weighted by atomic mass is 15.1. The molecule has 106 valence electrons. The van der Waals surface area contributed by atoms with Gasteiger partial charge in [-0.15, -0.1) is 0 Å². The Morgan fingerprint density at radius 1 is 1.21 bits per heavy atom. The van der Waals surface area contributed by atoms with Crippen molar-refractivity contribution in [2.24, 2.45) is 5.92 Å². The number of para-hydroxylation sites is 1. The molecule has 0 aliphatic carbocycles. The molecular weight excluding hydrogens is 232 g/mol. The van der Waals surface area contributed by atoms with Crippen molar-refractivity contribution in [1.29, 1.82) is 0 Å². The summed E-state index contributed by atoms with van der Waals surface area (Å²) >= 11 is 0. The third kappa shape index (κ3) is 4.54. The highest BCUT2D eigenvalue weighted by Gasteiger charge is 2.13. The van der Waals surface area contributed by atoms with Gasteiger partial charge >= 0.3 is 0 Å². The molecule has 1 aromatic rings. The molecule has 0 atom stereocenters. The van der Waals surface area contributed by atoms with Crippen LogP contribution in [-0.4, -0.2) is 26.2 Å². The van der Waals surface area contributed by atoms with Gasteiger partial charge in [-0.1, -0.05) is 32.0 Å². The number of rotatable bonds is 6. The summed E-state index contributed by atoms with van der Waals surface area (Å²) in [5.41, 5.74) is 3.01. The molecule has 0 spiro atoms. The standard InChI is InChI=1S/C17H28N2/c1-15(2)14-18-11-7-13-19-12-6-5-9-16-8-3-4-10-17(16)19/h3-4,8,10,15,18H,5-7,9,11-14H2,1-2H3. The second-order valence-electron chi connectivity index (χ2n) is 6.02. The lowest BCUT2D eigenvalue weighted by Crippen LogP contribution is -2.29. The van der Waals surface area contributed by atoms with E-state index in [9.17, 15) is 0 Å². The molecule has 2 heteroatoms. The van der Waals surface area contributed by atoms with Gasteiger partial charge in [-0.2, -0.15) is 0 Å². The Morgan fingerprint density at radius 2 is 2.05 bits per heavy atom. The van der Waals surface area contributed by atoms with E-state index in [1.807, 2.05) is 0 Å². The first-order chi connectivity index (χ1) is 9.27. The monoisotopic (exact) mass is 260 g/mol. The van der Waals surface area contributed by atoms with Crippen molar-refractivity contribution in [3.05, 3.63) is 29.8 Å². The van der Waals surface area contributed by atoms with Gasteiger partial charge < -0.3 is 10.2 Å². The normalized spacial score (nSPS) is 15.4. The summed E-state index contributed by atoms with van der Waals surface area (Å²) in [4.78, 5) is 2.58. The maximum atomic E-state index is 3.54. The fourth-order valence-corrected chi connectivity index (χ4v) is 2.79. The molecule has 0 saturated carbocycles. The summed E-state index contributed by atoms with van der Waals surface area (Å²) in [7, 11) is 0. The van der Waals surface area contributed by atoms with Crippen molar-refractivity contribution in [1.82, 2.24) is 5.32 Å². The van der Waals surface area contributed by atoms with Crippen LogP contribution < -0.4 is 10.2 Å². The summed E-state index contributed by atoms with van der Waals surface area (Å²) in [6.45, 7) is 9.20. The second kappa shape index (κ2) is 7.54. The number of nitrogens with one attached hydrogen (secondary N) is 1. The number of nitrogens with zero attached hydrogens (tertiary/aromatic N) is 1. The maximum absolute atomic E-state index is 3.54. The van der Waals surface area contributed by atoms with Crippen molar-refractivity contribution in [2.75, 3.05) is 31.1 Å². The third-order valence-electron chi connectivity index (χ3n) is 3.79. The van der Waals surface area contributed by atoms with Gasteiger partial charge in [0, 0.05) is 18.8 Å². The summed E-state index contributed by atoms with van der Waals surface area (Å²) in [6.07, 6.45) is 5.15. The van der Waals surface area contributed by atoms with Crippen LogP contribution in [0.1, 0.15) is 38.7 Å². The van der Waals surface area contributed by atoms with Gasteiger partial charge in [0.15, 0.2) is 0 Å². The van der Waals surface area contributed by atoms with Crippen LogP contribution in [0.3, 0.4) is 0 Å². The lowest BCUT2D eigenvalue weighted by Gasteiger charge is -2.25. The quantitative estimate of drug-likeness (QED) is 0.788. The fourth-order valence-electron chi connectivity index (χ4n) is 2.79. The minimum atomic E-state index is 0.749. The molecule has 1 heterocycles. The van der Waals surface area contributed by atoms with Crippen molar-refractivity contribution >= 4 is 5.69 Å². The van der Waals surface area contributed by atoms with Crippen LogP contribution in [-0.2, 0) is 6.42 Å². The molecule has 0 bridgehead atoms. The minimum Gasteiger partial charge on any atom is -0.371 e. The average Bonchev–Trinajstić information content (AvgIpc) is 2.61. The fraction of sp³-hybridized carbons (Fsp3) is 0.647. The van der Waals surface area contributed by atoms with E-state index in [4.69, 9.17) is 0 Å². The van der Waals surface area contributed by atoms with Gasteiger partial charge in [-0.25, -0.2) is 0 Å². The molecule has 2 nitrogen and oxygen atoms in total. The molecule has 1 aromatic carbocycles. The van der Waals surface area contributed by atoms with E-state index in [0.717, 1.165) is 19.0 Å². The Labute approximate surface area is 118 Å². The van der Waals surface area contributed by atoms with Crippen LogP contribution in [0.2, 0.25) is 0 Å². The number of hydrogen-bond acceptors (Lipinski definition) is 2. The SMILES string of the molecule is CC(C)CNCCCN1CCCCc2ccccc21. The average molecular weight is 260 g/mol. The third-order valence-corrected chi connectivity index (χ3v) is 3.79. The molecule has 1 aliphatic heterocycles. The molecule has 1 N–H and O–H groups in total. The van der Waals surface area contributed by atoms with Crippen LogP contribution in [0.15, 0.2) is 24.3 Å². The lowest BCUT2D eigenvalue weighted by atomic mass is 10.1. The zero-order valence-corrected chi connectivity index (χ0v) is 12.5. The molecule has 19 heavy (non-hydrogen) atoms. The summed E-state index contributed by atoms with van der Waals surface area (Å²) < 4.78 is 0. The van der Waals surface area contributed by atoms with Gasteiger partial charge in [-0.3, -0.25) is 0 Å². The highest BCUT2D eigenvalue weighted by molar-refractivity contribution is 5.54. The smallest absolute Gasteiger partial charge is 0.0398 e. The molecule has 0 fully saturated rings. The van der Waals surface area contributed by atoms with Gasteiger partial charge in [0.25, 0.3) is 0 Å². The van der Waals surface area contributed by atoms with E-state index in [0.29, 0.717) is 0 Å². The molecule has 2 rings (SSSR count). The molecule has 0 radical (unpaired) electrons. The Balaban J connectivity index is 1.83. The molecule has 0 amide bonds. The summed E-state index contributed by atoms with van der Waals surface area (Å²) in [5.74, 6) is 0.749. The predicted octanol–water partition coefficient (Wildman–Crippen LogP) is 3.47. The van der Waals surface area contributed by atoms with E-state index in [2.05, 4.69) is 48.3 Å². The number of hydrogen-bond donors (Lipinski definition) is 1. The summed E-state index contributed by atoms with van der Waals surface area (Å²) in [5, 5.41) is 3.54. The number of benzene rings is 1. The van der Waals surface area contributed by atoms with E-state index < -0.39 is 0 Å². The Morgan fingerprint density at radius 3 is 2.89 bits per heavy atom. The van der Waals surface area contributed by atoms with Crippen molar-refractivity contribution in [2.45, 2.75) is 39.5 Å². The van der Waals surface area contributed by atoms with Crippen LogP contribution in [0.25, 0.3) is 0 Å². The topological polar surface area (TPSA) is 15.3 Å². The Kier molecular flexibility index (Phi) is 5.71.